The molecule has 0 aliphatic heterocycles. The van der Waals surface area contributed by atoms with Crippen molar-refractivity contribution in [3.63, 3.8) is 0 Å². The van der Waals surface area contributed by atoms with Gasteiger partial charge in [-0.15, -0.1) is 0 Å². The summed E-state index contributed by atoms with van der Waals surface area (Å²) in [4.78, 5) is 11.5. The molecule has 0 fully saturated rings. The molecule has 20 heavy (non-hydrogen) atoms. The zero-order valence-electron chi connectivity index (χ0n) is 10.8. The molecule has 0 atom stereocenters. The summed E-state index contributed by atoms with van der Waals surface area (Å²) >= 11 is 3.17. The smallest absolute Gasteiger partial charge is 0.277 e. The molecule has 5 nitrogen and oxygen atoms in total. The van der Waals surface area contributed by atoms with E-state index in [9.17, 15) is 4.79 Å². The van der Waals surface area contributed by atoms with Gasteiger partial charge < -0.3 is 9.15 Å². The topological polar surface area (TPSA) is 63.8 Å². The van der Waals surface area contributed by atoms with Crippen LogP contribution in [0.4, 0.5) is 0 Å². The number of halogens is 1. The standard InChI is InChI=1S/C14H13BrN2O3/c1-10-2-4-11(5-3-10)19-9-14(18)17-16-8-12-6-7-13(15)20-12/h2-8H,9H2,1H3,(H,17,18)/b16-8+. The minimum absolute atomic E-state index is 0.0950. The lowest BCUT2D eigenvalue weighted by Crippen LogP contribution is -2.24. The predicted octanol–water partition coefficient (Wildman–Crippen LogP) is 2.88. The number of carbonyl (C=O) groups is 1. The number of furan rings is 1. The molecule has 1 N–H and O–H groups in total. The van der Waals surface area contributed by atoms with Crippen LogP contribution in [0.3, 0.4) is 0 Å². The van der Waals surface area contributed by atoms with E-state index in [1.165, 1.54) is 6.21 Å². The monoisotopic (exact) mass is 336 g/mol. The molecular formula is C14H13BrN2O3. The molecule has 0 aliphatic carbocycles. The first-order valence-corrected chi connectivity index (χ1v) is 6.69. The summed E-state index contributed by atoms with van der Waals surface area (Å²) in [5.74, 6) is 0.841. The number of benzene rings is 1. The molecule has 1 aromatic heterocycles. The summed E-state index contributed by atoms with van der Waals surface area (Å²) in [6.45, 7) is 1.89. The first-order valence-electron chi connectivity index (χ1n) is 5.90. The van der Waals surface area contributed by atoms with Crippen molar-refractivity contribution in [2.75, 3.05) is 6.61 Å². The third kappa shape index (κ3) is 4.55. The van der Waals surface area contributed by atoms with E-state index in [2.05, 4.69) is 26.5 Å². The molecule has 0 radical (unpaired) electrons. The number of ether oxygens (including phenoxy) is 1. The van der Waals surface area contributed by atoms with Crippen molar-refractivity contribution in [1.82, 2.24) is 5.43 Å². The highest BCUT2D eigenvalue weighted by molar-refractivity contribution is 9.10. The van der Waals surface area contributed by atoms with Crippen molar-refractivity contribution in [3.05, 3.63) is 52.4 Å². The van der Waals surface area contributed by atoms with E-state index in [0.29, 0.717) is 16.2 Å². The molecule has 0 unspecified atom stereocenters. The molecule has 2 rings (SSSR count). The lowest BCUT2D eigenvalue weighted by Gasteiger charge is -2.04. The van der Waals surface area contributed by atoms with Crippen LogP contribution in [0.15, 0.2) is 50.6 Å². The van der Waals surface area contributed by atoms with Crippen LogP contribution in [0.2, 0.25) is 0 Å². The number of nitrogens with zero attached hydrogens (tertiary/aromatic N) is 1. The van der Waals surface area contributed by atoms with Crippen LogP contribution in [-0.4, -0.2) is 18.7 Å². The van der Waals surface area contributed by atoms with Gasteiger partial charge in [0.15, 0.2) is 11.3 Å². The van der Waals surface area contributed by atoms with Gasteiger partial charge in [0.05, 0.1) is 6.21 Å². The average Bonchev–Trinajstić information content (AvgIpc) is 2.84. The zero-order valence-corrected chi connectivity index (χ0v) is 12.4. The van der Waals surface area contributed by atoms with Crippen molar-refractivity contribution in [2.24, 2.45) is 5.10 Å². The Morgan fingerprint density at radius 2 is 2.10 bits per heavy atom. The molecule has 0 bridgehead atoms. The average molecular weight is 337 g/mol. The summed E-state index contributed by atoms with van der Waals surface area (Å²) in [7, 11) is 0. The summed E-state index contributed by atoms with van der Waals surface area (Å²) in [6, 6.07) is 10.9. The second kappa shape index (κ2) is 6.91. The first kappa shape index (κ1) is 14.3. The van der Waals surface area contributed by atoms with Gasteiger partial charge in [-0.2, -0.15) is 5.10 Å². The number of hydrazone groups is 1. The molecule has 0 saturated carbocycles. The number of hydrogen-bond acceptors (Lipinski definition) is 4. The van der Waals surface area contributed by atoms with Crippen LogP contribution >= 0.6 is 15.9 Å². The van der Waals surface area contributed by atoms with E-state index in [1.54, 1.807) is 12.1 Å². The van der Waals surface area contributed by atoms with Crippen molar-refractivity contribution < 1.29 is 13.9 Å². The van der Waals surface area contributed by atoms with Gasteiger partial charge in [-0.1, -0.05) is 17.7 Å². The number of hydrogen-bond donors (Lipinski definition) is 1. The van der Waals surface area contributed by atoms with Gasteiger partial charge in [0.2, 0.25) is 0 Å². The van der Waals surface area contributed by atoms with Gasteiger partial charge in [-0.25, -0.2) is 5.43 Å². The van der Waals surface area contributed by atoms with E-state index in [-0.39, 0.29) is 12.5 Å². The second-order valence-electron chi connectivity index (χ2n) is 4.04. The fourth-order valence-corrected chi connectivity index (χ4v) is 1.70. The summed E-state index contributed by atoms with van der Waals surface area (Å²) in [6.07, 6.45) is 1.41. The first-order chi connectivity index (χ1) is 9.63. The van der Waals surface area contributed by atoms with Gasteiger partial charge in [0, 0.05) is 0 Å². The van der Waals surface area contributed by atoms with Crippen molar-refractivity contribution in [2.45, 2.75) is 6.92 Å². The minimum atomic E-state index is -0.340. The molecule has 1 amide bonds. The second-order valence-corrected chi connectivity index (χ2v) is 4.82. The Morgan fingerprint density at radius 3 is 2.75 bits per heavy atom. The molecule has 1 aromatic carbocycles. The number of amides is 1. The highest BCUT2D eigenvalue weighted by Crippen LogP contribution is 2.12. The lowest BCUT2D eigenvalue weighted by molar-refractivity contribution is -0.123. The molecule has 1 heterocycles. The fraction of sp³-hybridized carbons (Fsp3) is 0.143. The van der Waals surface area contributed by atoms with Gasteiger partial charge >= 0.3 is 0 Å². The van der Waals surface area contributed by atoms with Crippen LogP contribution in [0.25, 0.3) is 0 Å². The van der Waals surface area contributed by atoms with Crippen LogP contribution in [0.1, 0.15) is 11.3 Å². The van der Waals surface area contributed by atoms with Crippen LogP contribution in [0, 0.1) is 6.92 Å². The molecule has 2 aromatic rings. The van der Waals surface area contributed by atoms with E-state index >= 15 is 0 Å². The third-order valence-corrected chi connectivity index (χ3v) is 2.79. The molecule has 0 spiro atoms. The molecule has 6 heteroatoms. The maximum Gasteiger partial charge on any atom is 0.277 e. The normalized spacial score (nSPS) is 10.7. The fourth-order valence-electron chi connectivity index (χ4n) is 1.38. The molecular weight excluding hydrogens is 324 g/mol. The Morgan fingerprint density at radius 1 is 1.35 bits per heavy atom. The van der Waals surface area contributed by atoms with Crippen LogP contribution in [0.5, 0.6) is 5.75 Å². The number of aryl methyl sites for hydroxylation is 1. The highest BCUT2D eigenvalue weighted by atomic mass is 79.9. The maximum atomic E-state index is 11.5. The van der Waals surface area contributed by atoms with Gasteiger partial charge in [0.1, 0.15) is 11.5 Å². The predicted molar refractivity (Wildman–Crippen MR) is 78.8 cm³/mol. The van der Waals surface area contributed by atoms with Gasteiger partial charge in [-0.3, -0.25) is 4.79 Å². The Labute approximate surface area is 124 Å². The van der Waals surface area contributed by atoms with Crippen molar-refractivity contribution in [1.29, 1.82) is 0 Å². The van der Waals surface area contributed by atoms with E-state index in [1.807, 2.05) is 31.2 Å². The third-order valence-electron chi connectivity index (χ3n) is 2.37. The SMILES string of the molecule is Cc1ccc(OCC(=O)N/N=C/c2ccc(Br)o2)cc1. The lowest BCUT2D eigenvalue weighted by atomic mass is 10.2. The number of nitrogens with one attached hydrogen (secondary N) is 1. The maximum absolute atomic E-state index is 11.5. The van der Waals surface area contributed by atoms with Gasteiger partial charge in [-0.05, 0) is 47.1 Å². The molecule has 104 valence electrons. The summed E-state index contributed by atoms with van der Waals surface area (Å²) in [5.41, 5.74) is 3.49. The Hall–Kier alpha value is -2.08. The zero-order chi connectivity index (χ0) is 14.4. The Balaban J connectivity index is 1.75. The summed E-state index contributed by atoms with van der Waals surface area (Å²) in [5, 5.41) is 3.76. The Bertz CT molecular complexity index is 605. The van der Waals surface area contributed by atoms with E-state index in [4.69, 9.17) is 9.15 Å². The van der Waals surface area contributed by atoms with Crippen molar-refractivity contribution >= 4 is 28.1 Å². The van der Waals surface area contributed by atoms with E-state index in [0.717, 1.165) is 5.56 Å². The van der Waals surface area contributed by atoms with Crippen LogP contribution in [-0.2, 0) is 4.79 Å². The quantitative estimate of drug-likeness (QED) is 0.674. The highest BCUT2D eigenvalue weighted by Gasteiger charge is 2.01. The van der Waals surface area contributed by atoms with Gasteiger partial charge in [0.25, 0.3) is 5.91 Å². The van der Waals surface area contributed by atoms with Crippen molar-refractivity contribution in [3.8, 4) is 5.75 Å². The Kier molecular flexibility index (Phi) is 4.95. The largest absolute Gasteiger partial charge is 0.484 e. The summed E-state index contributed by atoms with van der Waals surface area (Å²) < 4.78 is 11.1. The number of rotatable bonds is 5. The molecule has 0 aliphatic rings. The minimum Gasteiger partial charge on any atom is -0.484 e. The molecule has 0 saturated heterocycles. The van der Waals surface area contributed by atoms with Crippen LogP contribution < -0.4 is 10.2 Å². The van der Waals surface area contributed by atoms with E-state index < -0.39 is 0 Å². The number of carbonyl (C=O) groups excluding carboxylic acids is 1.